The quantitative estimate of drug-likeness (QED) is 0.473. The zero-order valence-corrected chi connectivity index (χ0v) is 9.55. The van der Waals surface area contributed by atoms with E-state index >= 15 is 0 Å². The Bertz CT molecular complexity index is 250. The molecule has 0 aliphatic carbocycles. The summed E-state index contributed by atoms with van der Waals surface area (Å²) in [7, 11) is 0. The van der Waals surface area contributed by atoms with Crippen LogP contribution in [0.5, 0.6) is 0 Å². The summed E-state index contributed by atoms with van der Waals surface area (Å²) in [6.07, 6.45) is 3.57. The summed E-state index contributed by atoms with van der Waals surface area (Å²) < 4.78 is 0. The van der Waals surface area contributed by atoms with Crippen molar-refractivity contribution >= 4 is 0 Å². The summed E-state index contributed by atoms with van der Waals surface area (Å²) in [5, 5.41) is 11.7. The first-order valence-electron chi connectivity index (χ1n) is 5.28. The van der Waals surface area contributed by atoms with Crippen LogP contribution in [-0.4, -0.2) is 12.6 Å². The largest absolute Gasteiger partial charge is 0.381 e. The predicted octanol–water partition coefficient (Wildman–Crippen LogP) is 2.08. The molecular formula is C12H21N3. The summed E-state index contributed by atoms with van der Waals surface area (Å²) in [4.78, 5) is 0. The molecule has 0 saturated heterocycles. The molecule has 0 amide bonds. The third-order valence-electron chi connectivity index (χ3n) is 2.25. The van der Waals surface area contributed by atoms with Gasteiger partial charge in [-0.05, 0) is 19.8 Å². The van der Waals surface area contributed by atoms with Crippen LogP contribution in [-0.2, 0) is 0 Å². The van der Waals surface area contributed by atoms with Gasteiger partial charge in [0.25, 0.3) is 0 Å². The van der Waals surface area contributed by atoms with Gasteiger partial charge in [0.15, 0.2) is 0 Å². The molecule has 0 aromatic rings. The fourth-order valence-electron chi connectivity index (χ4n) is 1.30. The first-order chi connectivity index (χ1) is 7.11. The van der Waals surface area contributed by atoms with Gasteiger partial charge in [0, 0.05) is 24.7 Å². The summed E-state index contributed by atoms with van der Waals surface area (Å²) >= 11 is 0. The van der Waals surface area contributed by atoms with E-state index in [1.54, 1.807) is 0 Å². The average Bonchev–Trinajstić information content (AvgIpc) is 2.21. The van der Waals surface area contributed by atoms with Crippen molar-refractivity contribution < 1.29 is 0 Å². The van der Waals surface area contributed by atoms with E-state index in [0.717, 1.165) is 30.5 Å². The Kier molecular flexibility index (Phi) is 7.39. The molecule has 0 saturated carbocycles. The monoisotopic (exact) mass is 207 g/mol. The maximum Gasteiger partial charge on any atom is 0.0621 e. The van der Waals surface area contributed by atoms with Crippen LogP contribution in [0.25, 0.3) is 0 Å². The fraction of sp³-hybridized carbons (Fsp3) is 0.583. The van der Waals surface area contributed by atoms with Gasteiger partial charge >= 0.3 is 0 Å². The third-order valence-corrected chi connectivity index (χ3v) is 2.25. The van der Waals surface area contributed by atoms with E-state index in [-0.39, 0.29) is 6.04 Å². The highest BCUT2D eigenvalue weighted by Gasteiger charge is 2.08. The number of hydrogen-bond donors (Lipinski definition) is 2. The van der Waals surface area contributed by atoms with Crippen LogP contribution >= 0.6 is 0 Å². The average molecular weight is 207 g/mol. The minimum absolute atomic E-state index is 0.236. The maximum atomic E-state index is 8.41. The Labute approximate surface area is 92.7 Å². The minimum atomic E-state index is 0.236. The van der Waals surface area contributed by atoms with Crippen molar-refractivity contribution in [3.63, 3.8) is 0 Å². The lowest BCUT2D eigenvalue weighted by atomic mass is 10.0. The summed E-state index contributed by atoms with van der Waals surface area (Å²) in [5.41, 5.74) is 7.38. The van der Waals surface area contributed by atoms with Crippen molar-refractivity contribution in [2.24, 2.45) is 5.73 Å². The maximum absolute atomic E-state index is 8.41. The first kappa shape index (κ1) is 13.7. The molecule has 84 valence electrons. The molecule has 0 fully saturated rings. The van der Waals surface area contributed by atoms with E-state index in [4.69, 9.17) is 11.0 Å². The van der Waals surface area contributed by atoms with E-state index in [1.807, 2.05) is 6.92 Å². The molecule has 1 atom stereocenters. The van der Waals surface area contributed by atoms with E-state index in [1.165, 1.54) is 0 Å². The summed E-state index contributed by atoms with van der Waals surface area (Å²) in [6.45, 7) is 10.2. The van der Waals surface area contributed by atoms with Gasteiger partial charge in [-0.25, -0.2) is 0 Å². The molecule has 0 spiro atoms. The number of rotatable bonds is 8. The lowest BCUT2D eigenvalue weighted by molar-refractivity contribution is 0.549. The molecule has 0 aliphatic rings. The van der Waals surface area contributed by atoms with Crippen LogP contribution in [0.1, 0.15) is 32.6 Å². The highest BCUT2D eigenvalue weighted by atomic mass is 14.9. The molecule has 15 heavy (non-hydrogen) atoms. The SMILES string of the molecule is C=C(CN)NC(CCCCC#N)C(=C)C. The highest BCUT2D eigenvalue weighted by Crippen LogP contribution is 2.10. The normalized spacial score (nSPS) is 11.5. The van der Waals surface area contributed by atoms with Crippen molar-refractivity contribution in [3.8, 4) is 6.07 Å². The molecule has 0 aliphatic heterocycles. The Balaban J connectivity index is 3.90. The molecule has 0 aromatic carbocycles. The Morgan fingerprint density at radius 2 is 2.13 bits per heavy atom. The first-order valence-corrected chi connectivity index (χ1v) is 5.28. The molecular weight excluding hydrogens is 186 g/mol. The summed E-state index contributed by atoms with van der Waals surface area (Å²) in [5.74, 6) is 0. The smallest absolute Gasteiger partial charge is 0.0621 e. The third kappa shape index (κ3) is 6.75. The Hall–Kier alpha value is -1.27. The van der Waals surface area contributed by atoms with Gasteiger partial charge in [0.2, 0.25) is 0 Å². The van der Waals surface area contributed by atoms with Gasteiger partial charge < -0.3 is 11.1 Å². The lowest BCUT2D eigenvalue weighted by Gasteiger charge is -2.20. The van der Waals surface area contributed by atoms with Crippen LogP contribution in [0.4, 0.5) is 0 Å². The van der Waals surface area contributed by atoms with Crippen molar-refractivity contribution in [1.82, 2.24) is 5.32 Å². The van der Waals surface area contributed by atoms with Gasteiger partial charge in [0.05, 0.1) is 6.07 Å². The topological polar surface area (TPSA) is 61.8 Å². The zero-order valence-electron chi connectivity index (χ0n) is 9.55. The summed E-state index contributed by atoms with van der Waals surface area (Å²) in [6, 6.07) is 2.38. The van der Waals surface area contributed by atoms with E-state index in [2.05, 4.69) is 24.5 Å². The van der Waals surface area contributed by atoms with E-state index < -0.39 is 0 Å². The van der Waals surface area contributed by atoms with E-state index in [9.17, 15) is 0 Å². The molecule has 0 rings (SSSR count). The predicted molar refractivity (Wildman–Crippen MR) is 64.0 cm³/mol. The van der Waals surface area contributed by atoms with Crippen LogP contribution in [0, 0.1) is 11.3 Å². The van der Waals surface area contributed by atoms with Crippen LogP contribution in [0.15, 0.2) is 24.4 Å². The van der Waals surface area contributed by atoms with Crippen LogP contribution in [0.3, 0.4) is 0 Å². The molecule has 0 aromatic heterocycles. The zero-order chi connectivity index (χ0) is 11.7. The number of unbranched alkanes of at least 4 members (excludes halogenated alkanes) is 2. The van der Waals surface area contributed by atoms with Gasteiger partial charge in [-0.2, -0.15) is 5.26 Å². The van der Waals surface area contributed by atoms with Crippen molar-refractivity contribution in [3.05, 3.63) is 24.4 Å². The number of hydrogen-bond acceptors (Lipinski definition) is 3. The second kappa shape index (κ2) is 8.07. The number of nitrogens with two attached hydrogens (primary N) is 1. The van der Waals surface area contributed by atoms with Gasteiger partial charge in [-0.15, -0.1) is 0 Å². The van der Waals surface area contributed by atoms with Crippen molar-refractivity contribution in [1.29, 1.82) is 5.26 Å². The van der Waals surface area contributed by atoms with Gasteiger partial charge in [-0.1, -0.05) is 25.2 Å². The fourth-order valence-corrected chi connectivity index (χ4v) is 1.30. The van der Waals surface area contributed by atoms with Gasteiger partial charge in [-0.3, -0.25) is 0 Å². The second-order valence-electron chi connectivity index (χ2n) is 3.75. The second-order valence-corrected chi connectivity index (χ2v) is 3.75. The molecule has 3 heteroatoms. The van der Waals surface area contributed by atoms with Gasteiger partial charge in [0.1, 0.15) is 0 Å². The molecule has 0 heterocycles. The Morgan fingerprint density at radius 1 is 1.47 bits per heavy atom. The number of nitrogens with one attached hydrogen (secondary N) is 1. The molecule has 3 N–H and O–H groups in total. The van der Waals surface area contributed by atoms with Crippen LogP contribution in [0.2, 0.25) is 0 Å². The molecule has 3 nitrogen and oxygen atoms in total. The Morgan fingerprint density at radius 3 is 2.60 bits per heavy atom. The van der Waals surface area contributed by atoms with Crippen LogP contribution < -0.4 is 11.1 Å². The lowest BCUT2D eigenvalue weighted by Crippen LogP contribution is -2.31. The molecule has 1 unspecified atom stereocenters. The van der Waals surface area contributed by atoms with E-state index in [0.29, 0.717) is 13.0 Å². The molecule has 0 bridgehead atoms. The highest BCUT2D eigenvalue weighted by molar-refractivity contribution is 5.07. The number of nitrogens with zero attached hydrogens (tertiary/aromatic N) is 1. The minimum Gasteiger partial charge on any atom is -0.381 e. The molecule has 0 radical (unpaired) electrons. The number of nitriles is 1. The standard InChI is InChI=1S/C12H21N3/c1-10(2)12(15-11(3)9-14)7-5-4-6-8-13/h12,15H,1,3-7,9,14H2,2H3. The van der Waals surface area contributed by atoms with Crippen molar-refractivity contribution in [2.45, 2.75) is 38.6 Å². The van der Waals surface area contributed by atoms with Crippen molar-refractivity contribution in [2.75, 3.05) is 6.54 Å².